The number of rotatable bonds is 5. The molecule has 1 rings (SSSR count). The lowest BCUT2D eigenvalue weighted by molar-refractivity contribution is 0.322. The fraction of sp³-hybridized carbons (Fsp3) is 0.400. The summed E-state index contributed by atoms with van der Waals surface area (Å²) in [5.74, 6) is 0.482. The molecule has 0 aliphatic rings. The number of anilines is 1. The molecule has 1 aromatic carbocycles. The summed E-state index contributed by atoms with van der Waals surface area (Å²) in [6.07, 6.45) is 0. The Morgan fingerprint density at radius 3 is 2.59 bits per heavy atom. The molecule has 96 valence electrons. The number of aliphatic hydroxyl groups excluding tert-OH is 1. The summed E-state index contributed by atoms with van der Waals surface area (Å²) in [6.45, 7) is 0.0226. The summed E-state index contributed by atoms with van der Waals surface area (Å²) in [5.41, 5.74) is 6.08. The number of sulfonamides is 1. The molecule has 0 bridgehead atoms. The van der Waals surface area contributed by atoms with Gasteiger partial charge in [0.25, 0.3) is 0 Å². The van der Waals surface area contributed by atoms with E-state index >= 15 is 0 Å². The van der Waals surface area contributed by atoms with E-state index < -0.39 is 10.0 Å². The number of hydrogen-bond acceptors (Lipinski definition) is 5. The van der Waals surface area contributed by atoms with Crippen LogP contribution in [0.15, 0.2) is 28.0 Å². The summed E-state index contributed by atoms with van der Waals surface area (Å²) in [4.78, 5) is 0.771. The molecule has 0 aliphatic heterocycles. The Hall–Kier alpha value is -0.760. The maximum Gasteiger partial charge on any atom is 0.244 e. The van der Waals surface area contributed by atoms with Crippen LogP contribution in [0.3, 0.4) is 0 Å². The highest BCUT2D eigenvalue weighted by molar-refractivity contribution is 7.99. The predicted octanol–water partition coefficient (Wildman–Crippen LogP) is 0.604. The fourth-order valence-electron chi connectivity index (χ4n) is 1.23. The molecule has 0 unspecified atom stereocenters. The van der Waals surface area contributed by atoms with Crippen molar-refractivity contribution in [2.75, 3.05) is 32.2 Å². The van der Waals surface area contributed by atoms with Gasteiger partial charge in [0.05, 0.1) is 12.3 Å². The number of nitrogen functional groups attached to an aromatic ring is 1. The molecule has 3 N–H and O–H groups in total. The summed E-state index contributed by atoms with van der Waals surface area (Å²) in [7, 11) is -0.601. The van der Waals surface area contributed by atoms with Gasteiger partial charge in [0, 0.05) is 24.7 Å². The second-order valence-electron chi connectivity index (χ2n) is 3.53. The Labute approximate surface area is 106 Å². The number of thioether (sulfide) groups is 1. The van der Waals surface area contributed by atoms with Gasteiger partial charge in [0.15, 0.2) is 0 Å². The van der Waals surface area contributed by atoms with Crippen LogP contribution in [0, 0.1) is 0 Å². The van der Waals surface area contributed by atoms with E-state index in [1.807, 2.05) is 0 Å². The number of para-hydroxylation sites is 1. The summed E-state index contributed by atoms with van der Waals surface area (Å²) >= 11 is 1.33. The van der Waals surface area contributed by atoms with Gasteiger partial charge >= 0.3 is 0 Å². The smallest absolute Gasteiger partial charge is 0.244 e. The van der Waals surface area contributed by atoms with Crippen molar-refractivity contribution in [1.82, 2.24) is 4.31 Å². The van der Waals surface area contributed by atoms with Crippen LogP contribution in [0.1, 0.15) is 0 Å². The molecule has 5 nitrogen and oxygen atoms in total. The third-order valence-corrected chi connectivity index (χ3v) is 5.06. The second-order valence-corrected chi connectivity index (χ2v) is 6.78. The third kappa shape index (κ3) is 3.12. The van der Waals surface area contributed by atoms with Gasteiger partial charge in [-0.15, -0.1) is 11.8 Å². The Morgan fingerprint density at radius 2 is 2.06 bits per heavy atom. The van der Waals surface area contributed by atoms with Gasteiger partial charge < -0.3 is 10.8 Å². The van der Waals surface area contributed by atoms with Gasteiger partial charge in [-0.05, 0) is 12.1 Å². The van der Waals surface area contributed by atoms with Crippen LogP contribution in [0.25, 0.3) is 0 Å². The molecule has 0 fully saturated rings. The number of aliphatic hydroxyl groups is 1. The Bertz CT molecular complexity index is 486. The van der Waals surface area contributed by atoms with Crippen LogP contribution in [0.4, 0.5) is 5.69 Å². The topological polar surface area (TPSA) is 83.6 Å². The van der Waals surface area contributed by atoms with Gasteiger partial charge in [-0.2, -0.15) is 0 Å². The van der Waals surface area contributed by atoms with Crippen LogP contribution in [-0.4, -0.2) is 44.3 Å². The monoisotopic (exact) mass is 276 g/mol. The molecule has 0 spiro atoms. The molecule has 1 aromatic rings. The van der Waals surface area contributed by atoms with E-state index in [-0.39, 0.29) is 17.2 Å². The molecular formula is C10H16N2O3S2. The predicted molar refractivity (Wildman–Crippen MR) is 69.5 cm³/mol. The minimum Gasteiger partial charge on any atom is -0.397 e. The van der Waals surface area contributed by atoms with E-state index in [9.17, 15) is 8.42 Å². The fourth-order valence-corrected chi connectivity index (χ4v) is 3.07. The minimum atomic E-state index is -3.52. The van der Waals surface area contributed by atoms with Gasteiger partial charge in [-0.25, -0.2) is 12.7 Å². The normalized spacial score (nSPS) is 12.0. The van der Waals surface area contributed by atoms with Crippen molar-refractivity contribution in [1.29, 1.82) is 0 Å². The Morgan fingerprint density at radius 1 is 1.41 bits per heavy atom. The van der Waals surface area contributed by atoms with Crippen LogP contribution >= 0.6 is 11.8 Å². The van der Waals surface area contributed by atoms with Gasteiger partial charge in [-0.1, -0.05) is 6.07 Å². The first-order chi connectivity index (χ1) is 7.91. The first kappa shape index (κ1) is 14.3. The van der Waals surface area contributed by atoms with E-state index in [0.717, 1.165) is 4.31 Å². The standard InChI is InChI=1S/C10H16N2O3S2/c1-12(2)17(14,15)9-5-3-4-8(10(9)11)16-7-6-13/h3-5,13H,6-7,11H2,1-2H3. The van der Waals surface area contributed by atoms with Crippen molar-refractivity contribution in [2.45, 2.75) is 9.79 Å². The quantitative estimate of drug-likeness (QED) is 0.608. The molecular weight excluding hydrogens is 260 g/mol. The molecule has 0 aliphatic carbocycles. The lowest BCUT2D eigenvalue weighted by atomic mass is 10.3. The molecule has 0 atom stereocenters. The molecule has 0 amide bonds. The van der Waals surface area contributed by atoms with Crippen molar-refractivity contribution < 1.29 is 13.5 Å². The van der Waals surface area contributed by atoms with E-state index in [1.54, 1.807) is 12.1 Å². The van der Waals surface area contributed by atoms with Crippen LogP contribution in [0.2, 0.25) is 0 Å². The Balaban J connectivity index is 3.19. The SMILES string of the molecule is CN(C)S(=O)(=O)c1cccc(SCCO)c1N. The van der Waals surface area contributed by atoms with Crippen molar-refractivity contribution >= 4 is 27.5 Å². The van der Waals surface area contributed by atoms with Crippen LogP contribution < -0.4 is 5.73 Å². The number of hydrogen-bond donors (Lipinski definition) is 2. The zero-order chi connectivity index (χ0) is 13.1. The van der Waals surface area contributed by atoms with Crippen LogP contribution in [0.5, 0.6) is 0 Å². The Kier molecular flexibility index (Phi) is 4.81. The lowest BCUT2D eigenvalue weighted by Gasteiger charge is -2.15. The first-order valence-electron chi connectivity index (χ1n) is 4.96. The largest absolute Gasteiger partial charge is 0.397 e. The minimum absolute atomic E-state index is 0.0226. The van der Waals surface area contributed by atoms with Crippen molar-refractivity contribution in [3.05, 3.63) is 18.2 Å². The van der Waals surface area contributed by atoms with Crippen LogP contribution in [-0.2, 0) is 10.0 Å². The number of benzene rings is 1. The molecule has 0 radical (unpaired) electrons. The molecule has 0 aromatic heterocycles. The molecule has 0 heterocycles. The van der Waals surface area contributed by atoms with Crippen molar-refractivity contribution in [2.24, 2.45) is 0 Å². The molecule has 7 heteroatoms. The highest BCUT2D eigenvalue weighted by Crippen LogP contribution is 2.31. The average Bonchev–Trinajstić information content (AvgIpc) is 2.27. The average molecular weight is 276 g/mol. The highest BCUT2D eigenvalue weighted by atomic mass is 32.2. The third-order valence-electron chi connectivity index (χ3n) is 2.13. The van der Waals surface area contributed by atoms with Crippen molar-refractivity contribution in [3.8, 4) is 0 Å². The maximum atomic E-state index is 12.0. The van der Waals surface area contributed by atoms with E-state index in [0.29, 0.717) is 10.6 Å². The summed E-state index contributed by atoms with van der Waals surface area (Å²) in [6, 6.07) is 4.87. The number of nitrogens with zero attached hydrogens (tertiary/aromatic N) is 1. The second kappa shape index (κ2) is 5.72. The molecule has 17 heavy (non-hydrogen) atoms. The van der Waals surface area contributed by atoms with E-state index in [1.165, 1.54) is 31.9 Å². The van der Waals surface area contributed by atoms with E-state index in [4.69, 9.17) is 10.8 Å². The highest BCUT2D eigenvalue weighted by Gasteiger charge is 2.21. The van der Waals surface area contributed by atoms with E-state index in [2.05, 4.69) is 0 Å². The van der Waals surface area contributed by atoms with Crippen molar-refractivity contribution in [3.63, 3.8) is 0 Å². The lowest BCUT2D eigenvalue weighted by Crippen LogP contribution is -2.23. The first-order valence-corrected chi connectivity index (χ1v) is 7.38. The molecule has 0 saturated heterocycles. The maximum absolute atomic E-state index is 12.0. The van der Waals surface area contributed by atoms with Gasteiger partial charge in [-0.3, -0.25) is 0 Å². The summed E-state index contributed by atoms with van der Waals surface area (Å²) in [5, 5.41) is 8.75. The number of nitrogens with two attached hydrogens (primary N) is 1. The zero-order valence-electron chi connectivity index (χ0n) is 9.75. The van der Waals surface area contributed by atoms with Gasteiger partial charge in [0.1, 0.15) is 4.90 Å². The summed E-state index contributed by atoms with van der Waals surface area (Å²) < 4.78 is 25.1. The van der Waals surface area contributed by atoms with Gasteiger partial charge in [0.2, 0.25) is 10.0 Å². The zero-order valence-corrected chi connectivity index (χ0v) is 11.4. The molecule has 0 saturated carbocycles.